The molecule has 140 valence electrons. The highest BCUT2D eigenvalue weighted by Crippen LogP contribution is 2.31. The van der Waals surface area contributed by atoms with E-state index < -0.39 is 0 Å². The number of nitrogens with one attached hydrogen (secondary N) is 1. The van der Waals surface area contributed by atoms with Crippen molar-refractivity contribution in [3.63, 3.8) is 0 Å². The Morgan fingerprint density at radius 3 is 2.64 bits per heavy atom. The minimum atomic E-state index is -0.273. The van der Waals surface area contributed by atoms with Gasteiger partial charge in [-0.1, -0.05) is 35.3 Å². The molecule has 0 aliphatic rings. The molecule has 1 amide bonds. The zero-order valence-corrected chi connectivity index (χ0v) is 16.2. The number of anilines is 1. The van der Waals surface area contributed by atoms with Crippen molar-refractivity contribution in [3.05, 3.63) is 76.3 Å². The molecule has 0 saturated heterocycles. The van der Waals surface area contributed by atoms with Crippen LogP contribution in [0.25, 0.3) is 22.6 Å². The summed E-state index contributed by atoms with van der Waals surface area (Å²) < 4.78 is 11.0. The summed E-state index contributed by atoms with van der Waals surface area (Å²) in [6.07, 6.45) is 0. The summed E-state index contributed by atoms with van der Waals surface area (Å²) in [6.45, 7) is 0. The quantitative estimate of drug-likeness (QED) is 0.442. The molecule has 3 aromatic carbocycles. The molecule has 0 fully saturated rings. The molecule has 5 nitrogen and oxygen atoms in total. The molecule has 1 aromatic heterocycles. The summed E-state index contributed by atoms with van der Waals surface area (Å²) >= 11 is 12.0. The Bertz CT molecular complexity index is 1190. The molecule has 0 aliphatic heterocycles. The molecule has 4 rings (SSSR count). The van der Waals surface area contributed by atoms with Crippen molar-refractivity contribution >= 4 is 45.9 Å². The van der Waals surface area contributed by atoms with Gasteiger partial charge in [-0.15, -0.1) is 0 Å². The van der Waals surface area contributed by atoms with E-state index >= 15 is 0 Å². The maximum Gasteiger partial charge on any atom is 0.259 e. The van der Waals surface area contributed by atoms with Gasteiger partial charge in [0, 0.05) is 11.3 Å². The number of aromatic nitrogens is 1. The first-order valence-electron chi connectivity index (χ1n) is 8.35. The predicted molar refractivity (Wildman–Crippen MR) is 110 cm³/mol. The largest absolute Gasteiger partial charge is 0.496 e. The molecule has 1 heterocycles. The molecule has 0 atom stereocenters. The van der Waals surface area contributed by atoms with Gasteiger partial charge in [-0.2, -0.15) is 0 Å². The number of benzene rings is 3. The third-order valence-electron chi connectivity index (χ3n) is 4.16. The maximum atomic E-state index is 12.6. The lowest BCUT2D eigenvalue weighted by Crippen LogP contribution is -2.13. The molecule has 4 aromatic rings. The van der Waals surface area contributed by atoms with Crippen LogP contribution in [0.4, 0.5) is 5.69 Å². The van der Waals surface area contributed by atoms with Gasteiger partial charge in [0.1, 0.15) is 11.3 Å². The van der Waals surface area contributed by atoms with Crippen LogP contribution in [0, 0.1) is 0 Å². The molecule has 0 radical (unpaired) electrons. The first-order chi connectivity index (χ1) is 13.5. The van der Waals surface area contributed by atoms with Crippen molar-refractivity contribution in [2.24, 2.45) is 0 Å². The number of rotatable bonds is 4. The van der Waals surface area contributed by atoms with Crippen molar-refractivity contribution in [2.45, 2.75) is 0 Å². The first kappa shape index (κ1) is 18.3. The Morgan fingerprint density at radius 1 is 1.04 bits per heavy atom. The lowest BCUT2D eigenvalue weighted by molar-refractivity contribution is 0.102. The second-order valence-corrected chi connectivity index (χ2v) is 6.80. The van der Waals surface area contributed by atoms with E-state index in [4.69, 9.17) is 32.4 Å². The van der Waals surface area contributed by atoms with Crippen LogP contribution in [0.3, 0.4) is 0 Å². The summed E-state index contributed by atoms with van der Waals surface area (Å²) in [5.41, 5.74) is 2.96. The van der Waals surface area contributed by atoms with E-state index in [2.05, 4.69) is 10.3 Å². The molecular formula is C21H14Cl2N2O3. The number of ether oxygens (including phenoxy) is 1. The van der Waals surface area contributed by atoms with Gasteiger partial charge >= 0.3 is 0 Å². The van der Waals surface area contributed by atoms with Crippen LogP contribution in [0.5, 0.6) is 5.75 Å². The number of fused-ring (bicyclic) bond motifs is 1. The molecule has 0 saturated carbocycles. The summed E-state index contributed by atoms with van der Waals surface area (Å²) in [6, 6.07) is 17.4. The van der Waals surface area contributed by atoms with Crippen molar-refractivity contribution in [3.8, 4) is 17.2 Å². The first-order valence-corrected chi connectivity index (χ1v) is 9.11. The molecule has 1 N–H and O–H groups in total. The number of methoxy groups -OCH3 is 1. The number of hydrogen-bond donors (Lipinski definition) is 1. The zero-order valence-electron chi connectivity index (χ0n) is 14.7. The minimum Gasteiger partial charge on any atom is -0.496 e. The van der Waals surface area contributed by atoms with Crippen LogP contribution < -0.4 is 10.1 Å². The van der Waals surface area contributed by atoms with Gasteiger partial charge in [0.15, 0.2) is 5.58 Å². The molecule has 28 heavy (non-hydrogen) atoms. The standard InChI is InChI=1S/C21H14Cl2N2O3/c1-27-18-5-3-2-4-14(18)20(26)24-13-7-9-19-17(11-13)25-21(28-19)12-6-8-15(22)16(23)10-12/h2-11H,1H3,(H,24,26). The van der Waals surface area contributed by atoms with Crippen LogP contribution in [-0.4, -0.2) is 18.0 Å². The third kappa shape index (κ3) is 3.54. The summed E-state index contributed by atoms with van der Waals surface area (Å²) in [5, 5.41) is 3.73. The van der Waals surface area contributed by atoms with Crippen molar-refractivity contribution in [1.82, 2.24) is 4.98 Å². The normalized spacial score (nSPS) is 10.8. The van der Waals surface area contributed by atoms with Crippen LogP contribution in [0.1, 0.15) is 10.4 Å². The number of para-hydroxylation sites is 1. The number of oxazole rings is 1. The number of nitrogens with zero attached hydrogens (tertiary/aromatic N) is 1. The number of hydrogen-bond acceptors (Lipinski definition) is 4. The van der Waals surface area contributed by atoms with Gasteiger partial charge in [0.25, 0.3) is 5.91 Å². The van der Waals surface area contributed by atoms with Gasteiger partial charge in [-0.05, 0) is 48.5 Å². The van der Waals surface area contributed by atoms with E-state index in [0.717, 1.165) is 0 Å². The highest BCUT2D eigenvalue weighted by Gasteiger charge is 2.14. The summed E-state index contributed by atoms with van der Waals surface area (Å²) in [5.74, 6) is 0.649. The second kappa shape index (κ2) is 7.54. The number of carbonyl (C=O) groups is 1. The van der Waals surface area contributed by atoms with Crippen LogP contribution in [0.15, 0.2) is 65.1 Å². The van der Waals surface area contributed by atoms with Gasteiger partial charge < -0.3 is 14.5 Å². The fourth-order valence-electron chi connectivity index (χ4n) is 2.79. The van der Waals surface area contributed by atoms with Gasteiger partial charge in [-0.25, -0.2) is 4.98 Å². The lowest BCUT2D eigenvalue weighted by atomic mass is 10.2. The monoisotopic (exact) mass is 412 g/mol. The van der Waals surface area contributed by atoms with E-state index in [1.54, 1.807) is 54.6 Å². The molecule has 7 heteroatoms. The Labute approximate surface area is 170 Å². The topological polar surface area (TPSA) is 64.4 Å². The van der Waals surface area contributed by atoms with Gasteiger partial charge in [0.05, 0.1) is 22.7 Å². The number of halogens is 2. The highest BCUT2D eigenvalue weighted by molar-refractivity contribution is 6.42. The van der Waals surface area contributed by atoms with Gasteiger partial charge in [0.2, 0.25) is 5.89 Å². The predicted octanol–water partition coefficient (Wildman–Crippen LogP) is 6.06. The molecule has 0 spiro atoms. The van der Waals surface area contributed by atoms with E-state index in [0.29, 0.717) is 49.6 Å². The van der Waals surface area contributed by atoms with Crippen LogP contribution in [-0.2, 0) is 0 Å². The molecule has 0 bridgehead atoms. The van der Waals surface area contributed by atoms with Crippen molar-refractivity contribution in [1.29, 1.82) is 0 Å². The van der Waals surface area contributed by atoms with Crippen LogP contribution in [0.2, 0.25) is 10.0 Å². The lowest BCUT2D eigenvalue weighted by Gasteiger charge is -2.08. The Hall–Kier alpha value is -3.02. The smallest absolute Gasteiger partial charge is 0.259 e. The van der Waals surface area contributed by atoms with Gasteiger partial charge in [-0.3, -0.25) is 4.79 Å². The van der Waals surface area contributed by atoms with E-state index in [-0.39, 0.29) is 5.91 Å². The third-order valence-corrected chi connectivity index (χ3v) is 4.90. The average molecular weight is 413 g/mol. The molecule has 0 aliphatic carbocycles. The minimum absolute atomic E-state index is 0.273. The zero-order chi connectivity index (χ0) is 19.7. The van der Waals surface area contributed by atoms with Crippen LogP contribution >= 0.6 is 23.2 Å². The average Bonchev–Trinajstić information content (AvgIpc) is 3.13. The van der Waals surface area contributed by atoms with Crippen molar-refractivity contribution in [2.75, 3.05) is 12.4 Å². The number of amides is 1. The fraction of sp³-hybridized carbons (Fsp3) is 0.0476. The van der Waals surface area contributed by atoms with E-state index in [9.17, 15) is 4.79 Å². The summed E-state index contributed by atoms with van der Waals surface area (Å²) in [7, 11) is 1.53. The van der Waals surface area contributed by atoms with E-state index in [1.165, 1.54) is 7.11 Å². The Balaban J connectivity index is 1.63. The van der Waals surface area contributed by atoms with Crippen molar-refractivity contribution < 1.29 is 13.9 Å². The number of carbonyl (C=O) groups excluding carboxylic acids is 1. The SMILES string of the molecule is COc1ccccc1C(=O)Nc1ccc2oc(-c3ccc(Cl)c(Cl)c3)nc2c1. The molecular weight excluding hydrogens is 399 g/mol. The Kier molecular flexibility index (Phi) is 4.94. The highest BCUT2D eigenvalue weighted by atomic mass is 35.5. The fourth-order valence-corrected chi connectivity index (χ4v) is 3.09. The second-order valence-electron chi connectivity index (χ2n) is 5.98. The Morgan fingerprint density at radius 2 is 1.86 bits per heavy atom. The van der Waals surface area contributed by atoms with E-state index in [1.807, 2.05) is 6.07 Å². The maximum absolute atomic E-state index is 12.6. The molecule has 0 unspecified atom stereocenters. The summed E-state index contributed by atoms with van der Waals surface area (Å²) in [4.78, 5) is 17.0.